The minimum Gasteiger partial charge on any atom is -0.467 e. The summed E-state index contributed by atoms with van der Waals surface area (Å²) in [6.07, 6.45) is 4.95. The molecule has 32 heavy (non-hydrogen) atoms. The minimum absolute atomic E-state index is 0.00547. The van der Waals surface area contributed by atoms with E-state index < -0.39 is 10.8 Å². The summed E-state index contributed by atoms with van der Waals surface area (Å²) >= 11 is 6.17. The fraction of sp³-hybridized carbons (Fsp3) is 0.455. The fourth-order valence-electron chi connectivity index (χ4n) is 3.82. The lowest BCUT2D eigenvalue weighted by Crippen LogP contribution is -2.45. The van der Waals surface area contributed by atoms with Gasteiger partial charge in [0.05, 0.1) is 34.4 Å². The van der Waals surface area contributed by atoms with Crippen molar-refractivity contribution in [1.82, 2.24) is 9.80 Å². The fourth-order valence-corrected chi connectivity index (χ4v) is 4.08. The van der Waals surface area contributed by atoms with Crippen molar-refractivity contribution in [3.8, 4) is 0 Å². The molecule has 1 atom stereocenters. The Morgan fingerprint density at radius 3 is 2.62 bits per heavy atom. The number of nitro groups is 1. The molecule has 1 aliphatic carbocycles. The smallest absolute Gasteiger partial charge is 0.270 e. The molecule has 1 aromatic carbocycles. The van der Waals surface area contributed by atoms with Crippen LogP contribution in [0.3, 0.4) is 0 Å². The van der Waals surface area contributed by atoms with Crippen molar-refractivity contribution in [1.29, 1.82) is 0 Å². The van der Waals surface area contributed by atoms with Gasteiger partial charge in [0.15, 0.2) is 0 Å². The van der Waals surface area contributed by atoms with E-state index in [1.54, 1.807) is 23.3 Å². The summed E-state index contributed by atoms with van der Waals surface area (Å²) in [4.78, 5) is 40.1. The van der Waals surface area contributed by atoms with E-state index in [1.807, 2.05) is 0 Å². The van der Waals surface area contributed by atoms with Crippen LogP contribution in [0.4, 0.5) is 5.69 Å². The number of furan rings is 1. The number of nitrogens with zero attached hydrogens (tertiary/aromatic N) is 3. The van der Waals surface area contributed by atoms with Crippen LogP contribution < -0.4 is 0 Å². The molecular formula is C22H24ClN3O6. The number of benzene rings is 1. The van der Waals surface area contributed by atoms with Gasteiger partial charge in [0.2, 0.25) is 5.91 Å². The zero-order valence-electron chi connectivity index (χ0n) is 17.4. The zero-order valence-corrected chi connectivity index (χ0v) is 18.2. The molecular weight excluding hydrogens is 438 g/mol. The largest absolute Gasteiger partial charge is 0.467 e. The summed E-state index contributed by atoms with van der Waals surface area (Å²) in [7, 11) is 0. The Morgan fingerprint density at radius 1 is 1.22 bits per heavy atom. The molecule has 2 aliphatic rings. The van der Waals surface area contributed by atoms with E-state index >= 15 is 0 Å². The van der Waals surface area contributed by atoms with Gasteiger partial charge in [-0.05, 0) is 43.9 Å². The molecule has 170 valence electrons. The third-order valence-electron chi connectivity index (χ3n) is 5.68. The number of hydrogen-bond acceptors (Lipinski definition) is 6. The number of hydrogen-bond donors (Lipinski definition) is 0. The number of non-ortho nitro benzene ring substituents is 1. The minimum atomic E-state index is -0.570. The number of nitro benzene ring substituents is 1. The standard InChI is InChI=1S/C22H24ClN3O6/c23-20-11-16(26(29)30)7-8-19(20)22(28)25(15-5-6-15)14-21(27)24(12-17-3-1-9-31-17)13-18-4-2-10-32-18/h1,3,7-9,11,15,18H,2,4-6,10,12-14H2. The highest BCUT2D eigenvalue weighted by atomic mass is 35.5. The monoisotopic (exact) mass is 461 g/mol. The Hall–Kier alpha value is -2.91. The number of halogens is 1. The summed E-state index contributed by atoms with van der Waals surface area (Å²) < 4.78 is 11.1. The molecule has 1 aliphatic heterocycles. The predicted molar refractivity (Wildman–Crippen MR) is 115 cm³/mol. The average molecular weight is 462 g/mol. The summed E-state index contributed by atoms with van der Waals surface area (Å²) in [5, 5.41) is 11.0. The molecule has 1 unspecified atom stereocenters. The van der Waals surface area contributed by atoms with Gasteiger partial charge in [-0.15, -0.1) is 0 Å². The van der Waals surface area contributed by atoms with E-state index in [9.17, 15) is 19.7 Å². The van der Waals surface area contributed by atoms with Crippen LogP contribution in [0.5, 0.6) is 0 Å². The van der Waals surface area contributed by atoms with Crippen molar-refractivity contribution < 1.29 is 23.7 Å². The van der Waals surface area contributed by atoms with Gasteiger partial charge >= 0.3 is 0 Å². The van der Waals surface area contributed by atoms with Crippen molar-refractivity contribution in [2.75, 3.05) is 19.7 Å². The van der Waals surface area contributed by atoms with Gasteiger partial charge in [-0.1, -0.05) is 11.6 Å². The van der Waals surface area contributed by atoms with Gasteiger partial charge in [0.25, 0.3) is 11.6 Å². The van der Waals surface area contributed by atoms with Crippen LogP contribution in [0.1, 0.15) is 41.8 Å². The molecule has 0 bridgehead atoms. The summed E-state index contributed by atoms with van der Waals surface area (Å²) in [5.41, 5.74) is -0.0459. The average Bonchev–Trinajstić information content (AvgIpc) is 3.22. The van der Waals surface area contributed by atoms with E-state index in [2.05, 4.69) is 0 Å². The van der Waals surface area contributed by atoms with Gasteiger partial charge in [0, 0.05) is 31.3 Å². The van der Waals surface area contributed by atoms with Gasteiger partial charge < -0.3 is 19.0 Å². The highest BCUT2D eigenvalue weighted by Crippen LogP contribution is 2.31. The van der Waals surface area contributed by atoms with Gasteiger partial charge in [-0.3, -0.25) is 19.7 Å². The maximum atomic E-state index is 13.3. The summed E-state index contributed by atoms with van der Waals surface area (Å²) in [6.45, 7) is 1.28. The second kappa shape index (κ2) is 9.70. The Bertz CT molecular complexity index is 986. The van der Waals surface area contributed by atoms with Gasteiger partial charge in [-0.2, -0.15) is 0 Å². The number of carbonyl (C=O) groups is 2. The van der Waals surface area contributed by atoms with Crippen LogP contribution in [0.15, 0.2) is 41.0 Å². The first-order valence-corrected chi connectivity index (χ1v) is 11.0. The molecule has 2 fully saturated rings. The summed E-state index contributed by atoms with van der Waals surface area (Å²) in [6, 6.07) is 7.26. The van der Waals surface area contributed by atoms with Crippen LogP contribution in [-0.2, 0) is 16.1 Å². The molecule has 1 aromatic heterocycles. The maximum absolute atomic E-state index is 13.3. The first-order chi connectivity index (χ1) is 15.4. The lowest BCUT2D eigenvalue weighted by molar-refractivity contribution is -0.384. The number of amides is 2. The molecule has 2 heterocycles. The third-order valence-corrected chi connectivity index (χ3v) is 5.99. The quantitative estimate of drug-likeness (QED) is 0.416. The van der Waals surface area contributed by atoms with E-state index in [1.165, 1.54) is 17.0 Å². The van der Waals surface area contributed by atoms with E-state index in [-0.39, 0.29) is 47.4 Å². The van der Waals surface area contributed by atoms with Crippen LogP contribution in [0, 0.1) is 10.1 Å². The molecule has 1 saturated heterocycles. The van der Waals surface area contributed by atoms with Crippen molar-refractivity contribution in [2.45, 2.75) is 44.4 Å². The van der Waals surface area contributed by atoms with Gasteiger partial charge in [-0.25, -0.2) is 0 Å². The third kappa shape index (κ3) is 5.28. The lowest BCUT2D eigenvalue weighted by Gasteiger charge is -2.29. The van der Waals surface area contributed by atoms with E-state index in [0.717, 1.165) is 31.7 Å². The summed E-state index contributed by atoms with van der Waals surface area (Å²) in [5.74, 6) is 0.0325. The molecule has 4 rings (SSSR count). The second-order valence-corrected chi connectivity index (χ2v) is 8.48. The number of carbonyl (C=O) groups excluding carboxylic acids is 2. The molecule has 0 radical (unpaired) electrons. The van der Waals surface area contributed by atoms with Crippen molar-refractivity contribution in [3.05, 3.63) is 63.1 Å². The molecule has 2 amide bonds. The Balaban J connectivity index is 1.50. The van der Waals surface area contributed by atoms with E-state index in [0.29, 0.717) is 18.9 Å². The Labute approximate surface area is 190 Å². The van der Waals surface area contributed by atoms with Gasteiger partial charge in [0.1, 0.15) is 12.3 Å². The first-order valence-electron chi connectivity index (χ1n) is 10.6. The Kier molecular flexibility index (Phi) is 6.76. The molecule has 2 aromatic rings. The van der Waals surface area contributed by atoms with Crippen LogP contribution in [0.25, 0.3) is 0 Å². The van der Waals surface area contributed by atoms with Crippen molar-refractivity contribution in [3.63, 3.8) is 0 Å². The van der Waals surface area contributed by atoms with E-state index in [4.69, 9.17) is 20.8 Å². The molecule has 1 saturated carbocycles. The van der Waals surface area contributed by atoms with Crippen LogP contribution in [-0.4, -0.2) is 58.4 Å². The molecule has 10 heteroatoms. The lowest BCUT2D eigenvalue weighted by atomic mass is 10.1. The first kappa shape index (κ1) is 22.3. The maximum Gasteiger partial charge on any atom is 0.270 e. The molecule has 0 N–H and O–H groups in total. The van der Waals surface area contributed by atoms with Crippen molar-refractivity contribution in [2.24, 2.45) is 0 Å². The normalized spacial score (nSPS) is 17.8. The van der Waals surface area contributed by atoms with Crippen LogP contribution in [0.2, 0.25) is 5.02 Å². The highest BCUT2D eigenvalue weighted by Gasteiger charge is 2.36. The van der Waals surface area contributed by atoms with Crippen molar-refractivity contribution >= 4 is 29.1 Å². The van der Waals surface area contributed by atoms with Crippen LogP contribution >= 0.6 is 11.6 Å². The number of ether oxygens (including phenoxy) is 1. The highest BCUT2D eigenvalue weighted by molar-refractivity contribution is 6.34. The predicted octanol–water partition coefficient (Wildman–Crippen LogP) is 3.65. The Morgan fingerprint density at radius 2 is 2.03 bits per heavy atom. The molecule has 0 spiro atoms. The molecule has 9 nitrogen and oxygen atoms in total. The second-order valence-electron chi connectivity index (χ2n) is 8.07. The zero-order chi connectivity index (χ0) is 22.7. The SMILES string of the molecule is O=C(CN(C(=O)c1ccc([N+](=O)[O-])cc1Cl)C1CC1)N(Cc1ccco1)CC1CCCO1. The topological polar surface area (TPSA) is 106 Å². The number of rotatable bonds is 9.